The predicted molar refractivity (Wildman–Crippen MR) is 43.0 cm³/mol. The molecule has 1 rings (SSSR count). The molecule has 0 aliphatic carbocycles. The quantitative estimate of drug-likeness (QED) is 0.498. The van der Waals surface area contributed by atoms with Crippen LogP contribution in [0.25, 0.3) is 0 Å². The van der Waals surface area contributed by atoms with Gasteiger partial charge in [-0.05, 0) is 12.3 Å². The van der Waals surface area contributed by atoms with E-state index >= 15 is 0 Å². The van der Waals surface area contributed by atoms with Gasteiger partial charge in [-0.3, -0.25) is 4.79 Å². The zero-order valence-corrected chi connectivity index (χ0v) is 6.96. The highest BCUT2D eigenvalue weighted by Crippen LogP contribution is 2.13. The summed E-state index contributed by atoms with van der Waals surface area (Å²) >= 11 is 0. The van der Waals surface area contributed by atoms with Crippen molar-refractivity contribution in [3.63, 3.8) is 0 Å². The number of hydrogen-bond donors (Lipinski definition) is 3. The molecule has 0 aromatic carbocycles. The van der Waals surface area contributed by atoms with Crippen molar-refractivity contribution in [3.8, 4) is 0 Å². The topological polar surface area (TPSA) is 84.2 Å². The average Bonchev–Trinajstić information content (AvgIpc) is 1.81. The number of carbonyl (C=O) groups is 2. The molecule has 0 spiro atoms. The second kappa shape index (κ2) is 3.42. The van der Waals surface area contributed by atoms with Crippen LogP contribution in [0.1, 0.15) is 19.8 Å². The van der Waals surface area contributed by atoms with Crippen molar-refractivity contribution in [2.45, 2.75) is 25.9 Å². The minimum absolute atomic E-state index is 0.0347. The fourth-order valence-corrected chi connectivity index (χ4v) is 1.38. The molecule has 1 aliphatic heterocycles. The lowest BCUT2D eigenvalue weighted by Crippen LogP contribution is -2.53. The molecule has 1 saturated heterocycles. The van der Waals surface area contributed by atoms with Crippen LogP contribution in [0.2, 0.25) is 0 Å². The van der Waals surface area contributed by atoms with Gasteiger partial charge < -0.3 is 16.4 Å². The highest BCUT2D eigenvalue weighted by Gasteiger charge is 2.23. The van der Waals surface area contributed by atoms with Crippen LogP contribution in [-0.4, -0.2) is 18.1 Å². The molecule has 5 nitrogen and oxygen atoms in total. The van der Waals surface area contributed by atoms with Crippen molar-refractivity contribution < 1.29 is 9.59 Å². The van der Waals surface area contributed by atoms with E-state index in [-0.39, 0.29) is 12.1 Å². The Morgan fingerprint density at radius 1 is 1.75 bits per heavy atom. The Morgan fingerprint density at radius 3 is 2.92 bits per heavy atom. The van der Waals surface area contributed by atoms with Crippen LogP contribution in [0.4, 0.5) is 4.79 Å². The summed E-state index contributed by atoms with van der Waals surface area (Å²) in [5, 5.41) is 5.08. The van der Waals surface area contributed by atoms with E-state index in [0.29, 0.717) is 12.3 Å². The van der Waals surface area contributed by atoms with Crippen LogP contribution in [0.15, 0.2) is 0 Å². The Balaban J connectivity index is 2.44. The number of nitrogens with two attached hydrogens (primary N) is 1. The predicted octanol–water partition coefficient (Wildman–Crippen LogP) is -0.473. The van der Waals surface area contributed by atoms with Crippen molar-refractivity contribution >= 4 is 11.9 Å². The largest absolute Gasteiger partial charge is 0.352 e. The lowest BCUT2D eigenvalue weighted by atomic mass is 9.98. The van der Waals surface area contributed by atoms with Gasteiger partial charge in [-0.1, -0.05) is 6.92 Å². The standard InChI is InChI=1S/C7H13N3O2/c1-4-2-5(10-7(8)12)9-6(11)3-4/h4-5H,2-3H2,1H3,(H,9,11)(H3,8,10,12). The van der Waals surface area contributed by atoms with Gasteiger partial charge >= 0.3 is 6.03 Å². The van der Waals surface area contributed by atoms with Gasteiger partial charge in [-0.25, -0.2) is 4.79 Å². The molecule has 5 heteroatoms. The highest BCUT2D eigenvalue weighted by atomic mass is 16.2. The summed E-state index contributed by atoms with van der Waals surface area (Å²) in [6.45, 7) is 1.97. The van der Waals surface area contributed by atoms with Gasteiger partial charge in [-0.15, -0.1) is 0 Å². The Bertz CT molecular complexity index is 203. The van der Waals surface area contributed by atoms with Gasteiger partial charge in [0, 0.05) is 6.42 Å². The van der Waals surface area contributed by atoms with Gasteiger partial charge in [0.25, 0.3) is 0 Å². The summed E-state index contributed by atoms with van der Waals surface area (Å²) in [6, 6.07) is -0.602. The molecule has 1 fully saturated rings. The maximum Gasteiger partial charge on any atom is 0.313 e. The number of nitrogens with one attached hydrogen (secondary N) is 2. The van der Waals surface area contributed by atoms with Crippen molar-refractivity contribution in [2.75, 3.05) is 0 Å². The molecular weight excluding hydrogens is 158 g/mol. The molecule has 3 amide bonds. The van der Waals surface area contributed by atoms with Gasteiger partial charge in [0.1, 0.15) is 6.17 Å². The number of primary amides is 1. The van der Waals surface area contributed by atoms with E-state index in [1.165, 1.54) is 0 Å². The number of urea groups is 1. The summed E-state index contributed by atoms with van der Waals surface area (Å²) in [4.78, 5) is 21.4. The number of piperidine rings is 1. The normalized spacial score (nSPS) is 29.2. The Labute approximate surface area is 70.7 Å². The van der Waals surface area contributed by atoms with Gasteiger partial charge in [0.05, 0.1) is 0 Å². The van der Waals surface area contributed by atoms with Gasteiger partial charge in [0.15, 0.2) is 0 Å². The van der Waals surface area contributed by atoms with E-state index in [1.807, 2.05) is 6.92 Å². The molecule has 2 atom stereocenters. The molecule has 1 aliphatic rings. The van der Waals surface area contributed by atoms with Gasteiger partial charge in [0.2, 0.25) is 5.91 Å². The third kappa shape index (κ3) is 2.41. The first-order chi connectivity index (χ1) is 5.58. The van der Waals surface area contributed by atoms with Crippen molar-refractivity contribution in [3.05, 3.63) is 0 Å². The molecule has 0 saturated carbocycles. The fraction of sp³-hybridized carbons (Fsp3) is 0.714. The van der Waals surface area contributed by atoms with Crippen molar-refractivity contribution in [2.24, 2.45) is 11.7 Å². The van der Waals surface area contributed by atoms with E-state index in [9.17, 15) is 9.59 Å². The smallest absolute Gasteiger partial charge is 0.313 e. The molecule has 2 unspecified atom stereocenters. The monoisotopic (exact) mass is 171 g/mol. The molecule has 1 heterocycles. The van der Waals surface area contributed by atoms with E-state index in [0.717, 1.165) is 6.42 Å². The van der Waals surface area contributed by atoms with Crippen LogP contribution < -0.4 is 16.4 Å². The zero-order chi connectivity index (χ0) is 9.14. The van der Waals surface area contributed by atoms with Crippen LogP contribution >= 0.6 is 0 Å². The molecule has 12 heavy (non-hydrogen) atoms. The van der Waals surface area contributed by atoms with E-state index in [1.54, 1.807) is 0 Å². The first-order valence-electron chi connectivity index (χ1n) is 3.93. The SMILES string of the molecule is CC1CC(=O)NC(NC(N)=O)C1. The molecular formula is C7H13N3O2. The summed E-state index contributed by atoms with van der Waals surface area (Å²) in [7, 11) is 0. The zero-order valence-electron chi connectivity index (χ0n) is 6.96. The number of amides is 3. The lowest BCUT2D eigenvalue weighted by Gasteiger charge is -2.27. The molecule has 0 radical (unpaired) electrons. The second-order valence-corrected chi connectivity index (χ2v) is 3.17. The van der Waals surface area contributed by atoms with Gasteiger partial charge in [-0.2, -0.15) is 0 Å². The summed E-state index contributed by atoms with van der Waals surface area (Å²) in [5.41, 5.74) is 4.91. The first kappa shape index (κ1) is 8.83. The summed E-state index contributed by atoms with van der Waals surface area (Å²) in [6.07, 6.45) is 0.977. The summed E-state index contributed by atoms with van der Waals surface area (Å²) in [5.74, 6) is 0.267. The van der Waals surface area contributed by atoms with Crippen LogP contribution in [0.5, 0.6) is 0 Å². The Kier molecular flexibility index (Phi) is 2.52. The lowest BCUT2D eigenvalue weighted by molar-refractivity contribution is -0.124. The minimum atomic E-state index is -0.602. The molecule has 0 aromatic rings. The number of carbonyl (C=O) groups excluding carboxylic acids is 2. The van der Waals surface area contributed by atoms with Crippen LogP contribution in [-0.2, 0) is 4.79 Å². The Hall–Kier alpha value is -1.26. The number of rotatable bonds is 1. The fourth-order valence-electron chi connectivity index (χ4n) is 1.38. The molecule has 4 N–H and O–H groups in total. The second-order valence-electron chi connectivity index (χ2n) is 3.17. The van der Waals surface area contributed by atoms with E-state index < -0.39 is 6.03 Å². The van der Waals surface area contributed by atoms with Crippen LogP contribution in [0.3, 0.4) is 0 Å². The third-order valence-electron chi connectivity index (χ3n) is 1.82. The first-order valence-corrected chi connectivity index (χ1v) is 3.93. The van der Waals surface area contributed by atoms with Crippen molar-refractivity contribution in [1.82, 2.24) is 10.6 Å². The maximum absolute atomic E-state index is 11.0. The van der Waals surface area contributed by atoms with Crippen LogP contribution in [0, 0.1) is 5.92 Å². The van der Waals surface area contributed by atoms with Crippen molar-refractivity contribution in [1.29, 1.82) is 0 Å². The molecule has 68 valence electrons. The molecule has 0 aromatic heterocycles. The highest BCUT2D eigenvalue weighted by molar-refractivity contribution is 5.78. The average molecular weight is 171 g/mol. The minimum Gasteiger partial charge on any atom is -0.352 e. The number of hydrogen-bond acceptors (Lipinski definition) is 2. The Morgan fingerprint density at radius 2 is 2.42 bits per heavy atom. The maximum atomic E-state index is 11.0. The molecule has 0 bridgehead atoms. The van der Waals surface area contributed by atoms with E-state index in [2.05, 4.69) is 10.6 Å². The van der Waals surface area contributed by atoms with E-state index in [4.69, 9.17) is 5.73 Å². The summed E-state index contributed by atoms with van der Waals surface area (Å²) < 4.78 is 0. The third-order valence-corrected chi connectivity index (χ3v) is 1.82.